The Hall–Kier alpha value is -2.04. The minimum atomic E-state index is -3.65. The molecule has 0 saturated heterocycles. The van der Waals surface area contributed by atoms with Crippen molar-refractivity contribution in [1.29, 1.82) is 0 Å². The van der Waals surface area contributed by atoms with E-state index in [4.69, 9.17) is 23.2 Å². The number of aliphatic hydroxyl groups is 1. The Kier molecular flexibility index (Phi) is 7.10. The van der Waals surface area contributed by atoms with E-state index in [0.717, 1.165) is 11.9 Å². The molecule has 0 bridgehead atoms. The number of nitrogens with zero attached hydrogens (tertiary/aromatic N) is 5. The van der Waals surface area contributed by atoms with E-state index in [1.807, 2.05) is 12.1 Å². The first-order valence-corrected chi connectivity index (χ1v) is 11.6. The summed E-state index contributed by atoms with van der Waals surface area (Å²) >= 11 is 12.4. The smallest absolute Gasteiger partial charge is 0.211 e. The first-order valence-electron chi connectivity index (χ1n) is 9.03. The van der Waals surface area contributed by atoms with Crippen molar-refractivity contribution in [2.45, 2.75) is 18.6 Å². The molecule has 1 N–H and O–H groups in total. The van der Waals surface area contributed by atoms with E-state index in [9.17, 15) is 13.5 Å². The first-order chi connectivity index (χ1) is 14.2. The largest absolute Gasteiger partial charge is 0.382 e. The molecule has 0 saturated carbocycles. The van der Waals surface area contributed by atoms with Crippen LogP contribution in [-0.4, -0.2) is 56.9 Å². The predicted molar refractivity (Wildman–Crippen MR) is 115 cm³/mol. The summed E-state index contributed by atoms with van der Waals surface area (Å²) in [5, 5.41) is 16.3. The van der Waals surface area contributed by atoms with Crippen LogP contribution in [0.1, 0.15) is 11.3 Å². The van der Waals surface area contributed by atoms with Crippen molar-refractivity contribution in [3.8, 4) is 0 Å². The van der Waals surface area contributed by atoms with Crippen LogP contribution < -0.4 is 0 Å². The molecule has 2 heterocycles. The van der Waals surface area contributed by atoms with Gasteiger partial charge < -0.3 is 5.11 Å². The Labute approximate surface area is 185 Å². The fraction of sp³-hybridized carbons (Fsp3) is 0.316. The number of benzene rings is 1. The number of hydrogen-bond acceptors (Lipinski definition) is 6. The summed E-state index contributed by atoms with van der Waals surface area (Å²) in [5.74, 6) is 0. The molecule has 0 aliphatic rings. The zero-order chi connectivity index (χ0) is 21.8. The number of pyridine rings is 1. The van der Waals surface area contributed by atoms with E-state index in [0.29, 0.717) is 17.0 Å². The van der Waals surface area contributed by atoms with Gasteiger partial charge in [0.05, 0.1) is 12.8 Å². The van der Waals surface area contributed by atoms with Crippen LogP contribution in [0, 0.1) is 0 Å². The van der Waals surface area contributed by atoms with E-state index < -0.39 is 15.6 Å². The Morgan fingerprint density at radius 1 is 1.23 bits per heavy atom. The van der Waals surface area contributed by atoms with Crippen LogP contribution in [-0.2, 0) is 28.6 Å². The second-order valence-corrected chi connectivity index (χ2v) is 9.74. The van der Waals surface area contributed by atoms with Crippen molar-refractivity contribution in [1.82, 2.24) is 24.1 Å². The minimum absolute atomic E-state index is 0.0516. The Bertz CT molecular complexity index is 1080. The lowest BCUT2D eigenvalue weighted by atomic mass is 9.93. The minimum Gasteiger partial charge on any atom is -0.382 e. The van der Waals surface area contributed by atoms with Gasteiger partial charge in [0, 0.05) is 47.0 Å². The van der Waals surface area contributed by atoms with Crippen molar-refractivity contribution in [2.24, 2.45) is 0 Å². The molecule has 1 aromatic carbocycles. The van der Waals surface area contributed by atoms with Crippen molar-refractivity contribution in [3.63, 3.8) is 0 Å². The number of halogens is 2. The molecule has 0 aliphatic heterocycles. The van der Waals surface area contributed by atoms with Crippen LogP contribution in [0.5, 0.6) is 0 Å². The molecule has 1 atom stereocenters. The Morgan fingerprint density at radius 2 is 2.03 bits per heavy atom. The Morgan fingerprint density at radius 3 is 2.63 bits per heavy atom. The van der Waals surface area contributed by atoms with Gasteiger partial charge in [-0.2, -0.15) is 9.40 Å². The van der Waals surface area contributed by atoms with Gasteiger partial charge in [0.15, 0.2) is 0 Å². The molecule has 8 nitrogen and oxygen atoms in total. The zero-order valence-corrected chi connectivity index (χ0v) is 18.5. The molecule has 0 fully saturated rings. The molecule has 0 radical (unpaired) electrons. The van der Waals surface area contributed by atoms with E-state index in [2.05, 4.69) is 15.1 Å². The highest BCUT2D eigenvalue weighted by molar-refractivity contribution is 7.88. The number of aromatic nitrogens is 4. The van der Waals surface area contributed by atoms with Crippen molar-refractivity contribution >= 4 is 33.2 Å². The fourth-order valence-corrected chi connectivity index (χ4v) is 4.56. The van der Waals surface area contributed by atoms with Gasteiger partial charge in [-0.3, -0.25) is 4.98 Å². The van der Waals surface area contributed by atoms with Crippen LogP contribution in [0.3, 0.4) is 0 Å². The third-order valence-electron chi connectivity index (χ3n) is 4.57. The average molecular weight is 470 g/mol. The summed E-state index contributed by atoms with van der Waals surface area (Å²) < 4.78 is 27.7. The lowest BCUT2D eigenvalue weighted by molar-refractivity contribution is -0.00123. The number of hydrogen-bond donors (Lipinski definition) is 1. The van der Waals surface area contributed by atoms with E-state index >= 15 is 0 Å². The molecule has 11 heteroatoms. The second-order valence-electron chi connectivity index (χ2n) is 6.92. The molecular weight excluding hydrogens is 449 g/mol. The molecular formula is C19H21Cl2N5O3S. The normalized spacial score (nSPS) is 14.0. The first kappa shape index (κ1) is 22.6. The van der Waals surface area contributed by atoms with Crippen LogP contribution in [0.25, 0.3) is 0 Å². The molecule has 3 aromatic rings. The molecule has 3 rings (SSSR count). The summed E-state index contributed by atoms with van der Waals surface area (Å²) in [6.45, 7) is -0.148. The third-order valence-corrected chi connectivity index (χ3v) is 6.37. The van der Waals surface area contributed by atoms with Crippen molar-refractivity contribution in [3.05, 3.63) is 76.6 Å². The lowest BCUT2D eigenvalue weighted by Gasteiger charge is -2.34. The monoisotopic (exact) mass is 469 g/mol. The quantitative estimate of drug-likeness (QED) is 0.516. The molecule has 160 valence electrons. The van der Waals surface area contributed by atoms with E-state index in [1.54, 1.807) is 24.4 Å². The van der Waals surface area contributed by atoms with E-state index in [1.165, 1.54) is 27.7 Å². The Balaban J connectivity index is 1.94. The summed E-state index contributed by atoms with van der Waals surface area (Å²) in [4.78, 5) is 8.12. The second kappa shape index (κ2) is 9.40. The zero-order valence-electron chi connectivity index (χ0n) is 16.2. The molecule has 30 heavy (non-hydrogen) atoms. The highest BCUT2D eigenvalue weighted by Gasteiger charge is 2.37. The standard InChI is InChI=1S/C19H21Cl2N5O3S/c1-30(28,29)26(9-7-16-4-2-3-8-23-16)12-19(27,11-25-14-22-13-24-25)17-6-5-15(20)10-18(17)21/h2-6,8,10,13-14,27H,7,9,11-12H2,1H3. The molecule has 0 aliphatic carbocycles. The highest BCUT2D eigenvalue weighted by Crippen LogP contribution is 2.33. The van der Waals surface area contributed by atoms with Gasteiger partial charge >= 0.3 is 0 Å². The molecule has 1 unspecified atom stereocenters. The van der Waals surface area contributed by atoms with Gasteiger partial charge in [-0.05, 0) is 24.3 Å². The highest BCUT2D eigenvalue weighted by atomic mass is 35.5. The van der Waals surface area contributed by atoms with Gasteiger partial charge in [-0.25, -0.2) is 18.1 Å². The molecule has 0 amide bonds. The van der Waals surface area contributed by atoms with Crippen LogP contribution in [0.4, 0.5) is 0 Å². The maximum absolute atomic E-state index is 12.5. The molecule has 0 spiro atoms. The van der Waals surface area contributed by atoms with Gasteiger partial charge in [-0.15, -0.1) is 0 Å². The predicted octanol–water partition coefficient (Wildman–Crippen LogP) is 2.37. The summed E-state index contributed by atoms with van der Waals surface area (Å²) in [5.41, 5.74) is -0.589. The van der Waals surface area contributed by atoms with Gasteiger partial charge in [0.25, 0.3) is 0 Å². The number of sulfonamides is 1. The third kappa shape index (κ3) is 5.77. The van der Waals surface area contributed by atoms with Crippen molar-refractivity contribution < 1.29 is 13.5 Å². The molecule has 2 aromatic heterocycles. The van der Waals surface area contributed by atoms with Gasteiger partial charge in [0.2, 0.25) is 10.0 Å². The lowest BCUT2D eigenvalue weighted by Crippen LogP contribution is -2.47. The van der Waals surface area contributed by atoms with Crippen molar-refractivity contribution in [2.75, 3.05) is 19.3 Å². The SMILES string of the molecule is CS(=O)(=O)N(CCc1ccccn1)CC(O)(Cn1cncn1)c1ccc(Cl)cc1Cl. The average Bonchev–Trinajstić information content (AvgIpc) is 3.17. The maximum Gasteiger partial charge on any atom is 0.211 e. The summed E-state index contributed by atoms with van der Waals surface area (Å²) in [6, 6.07) is 10.1. The van der Waals surface area contributed by atoms with Crippen LogP contribution >= 0.6 is 23.2 Å². The number of rotatable bonds is 9. The van der Waals surface area contributed by atoms with Crippen LogP contribution in [0.2, 0.25) is 10.0 Å². The van der Waals surface area contributed by atoms with E-state index in [-0.39, 0.29) is 24.7 Å². The maximum atomic E-state index is 12.5. The summed E-state index contributed by atoms with van der Waals surface area (Å²) in [7, 11) is -3.65. The topological polar surface area (TPSA) is 101 Å². The fourth-order valence-electron chi connectivity index (χ4n) is 3.11. The van der Waals surface area contributed by atoms with Gasteiger partial charge in [-0.1, -0.05) is 35.3 Å². The van der Waals surface area contributed by atoms with Crippen LogP contribution in [0.15, 0.2) is 55.2 Å². The van der Waals surface area contributed by atoms with Gasteiger partial charge in [0.1, 0.15) is 18.3 Å². The summed E-state index contributed by atoms with van der Waals surface area (Å²) in [6.07, 6.45) is 5.91.